The van der Waals surface area contributed by atoms with E-state index in [1.807, 2.05) is 11.7 Å². The molecule has 1 aromatic carbocycles. The number of carbonyl (C=O) groups excluding carboxylic acids is 1. The summed E-state index contributed by atoms with van der Waals surface area (Å²) in [6.07, 6.45) is 0.148. The molecule has 0 saturated carbocycles. The van der Waals surface area contributed by atoms with Crippen LogP contribution in [0.4, 0.5) is 4.39 Å². The van der Waals surface area contributed by atoms with E-state index in [9.17, 15) is 9.18 Å². The second kappa shape index (κ2) is 5.53. The largest absolute Gasteiger partial charge is 0.369 e. The van der Waals surface area contributed by atoms with Crippen molar-refractivity contribution in [2.45, 2.75) is 26.4 Å². The average molecular weight is 302 g/mol. The number of hydrogen-bond donors (Lipinski definition) is 1. The number of fused-ring (bicyclic) bond motifs is 1. The lowest BCUT2D eigenvalue weighted by molar-refractivity contribution is -0.117. The molecule has 0 bridgehead atoms. The summed E-state index contributed by atoms with van der Waals surface area (Å²) in [6.45, 7) is 4.14. The fraction of sp³-hybridized carbons (Fsp3) is 0.375. The van der Waals surface area contributed by atoms with Gasteiger partial charge in [0.1, 0.15) is 5.82 Å². The fourth-order valence-corrected chi connectivity index (χ4v) is 2.88. The van der Waals surface area contributed by atoms with Crippen LogP contribution in [0.1, 0.15) is 16.8 Å². The van der Waals surface area contributed by atoms with Gasteiger partial charge in [0.15, 0.2) is 0 Å². The summed E-state index contributed by atoms with van der Waals surface area (Å²) in [5.74, 6) is -0.631. The highest BCUT2D eigenvalue weighted by molar-refractivity contribution is 5.80. The summed E-state index contributed by atoms with van der Waals surface area (Å²) >= 11 is 0. The number of primary amides is 1. The Labute approximate surface area is 128 Å². The number of nitrogens with two attached hydrogens (primary N) is 1. The molecule has 0 aliphatic carbocycles. The molecule has 1 aliphatic rings. The summed E-state index contributed by atoms with van der Waals surface area (Å²) in [7, 11) is 2.03. The molecule has 0 radical (unpaired) electrons. The molecule has 5 nitrogen and oxygen atoms in total. The first-order chi connectivity index (χ1) is 10.5. The van der Waals surface area contributed by atoms with Crippen molar-refractivity contribution in [1.29, 1.82) is 0 Å². The van der Waals surface area contributed by atoms with Crippen LogP contribution >= 0.6 is 0 Å². The molecular weight excluding hydrogens is 283 g/mol. The quantitative estimate of drug-likeness (QED) is 0.934. The molecule has 0 spiro atoms. The van der Waals surface area contributed by atoms with Crippen molar-refractivity contribution in [2.24, 2.45) is 5.73 Å². The Morgan fingerprint density at radius 2 is 2.18 bits per heavy atom. The lowest BCUT2D eigenvalue weighted by Gasteiger charge is -2.24. The molecule has 1 aromatic heterocycles. The minimum absolute atomic E-state index is 0.148. The lowest BCUT2D eigenvalue weighted by Crippen LogP contribution is -2.31. The van der Waals surface area contributed by atoms with Gasteiger partial charge in [-0.3, -0.25) is 14.4 Å². The maximum atomic E-state index is 13.5. The molecule has 116 valence electrons. The van der Waals surface area contributed by atoms with Gasteiger partial charge < -0.3 is 5.73 Å². The molecule has 22 heavy (non-hydrogen) atoms. The Bertz CT molecular complexity index is 738. The van der Waals surface area contributed by atoms with Crippen LogP contribution in [-0.4, -0.2) is 34.2 Å². The van der Waals surface area contributed by atoms with Crippen LogP contribution in [0.5, 0.6) is 0 Å². The number of halogens is 1. The number of amides is 1. The van der Waals surface area contributed by atoms with Crippen molar-refractivity contribution in [1.82, 2.24) is 14.7 Å². The summed E-state index contributed by atoms with van der Waals surface area (Å²) in [6, 6.07) is 4.89. The molecule has 0 unspecified atom stereocenters. The van der Waals surface area contributed by atoms with Gasteiger partial charge in [-0.2, -0.15) is 5.10 Å². The highest BCUT2D eigenvalue weighted by Gasteiger charge is 2.24. The molecule has 1 amide bonds. The molecule has 2 heterocycles. The maximum Gasteiger partial charge on any atom is 0.221 e. The standard InChI is InChI=1S/C16H19FN4O/c1-10-7-11(3-4-13(10)17)16-12(8-15(18)22)14-9-20(2)5-6-21(14)19-16/h3-4,7H,5-6,8-9H2,1-2H3,(H2,18,22). The Morgan fingerprint density at radius 1 is 1.41 bits per heavy atom. The monoisotopic (exact) mass is 302 g/mol. The van der Waals surface area contributed by atoms with E-state index in [0.717, 1.165) is 42.1 Å². The van der Waals surface area contributed by atoms with E-state index in [-0.39, 0.29) is 18.1 Å². The Morgan fingerprint density at radius 3 is 2.86 bits per heavy atom. The number of carbonyl (C=O) groups is 1. The molecule has 3 rings (SSSR count). The predicted octanol–water partition coefficient (Wildman–Crippen LogP) is 1.47. The summed E-state index contributed by atoms with van der Waals surface area (Å²) in [5, 5.41) is 4.64. The molecular formula is C16H19FN4O. The first kappa shape index (κ1) is 14.7. The molecule has 0 atom stereocenters. The van der Waals surface area contributed by atoms with Gasteiger partial charge in [-0.05, 0) is 37.7 Å². The number of nitrogens with zero attached hydrogens (tertiary/aromatic N) is 3. The number of aryl methyl sites for hydroxylation is 1. The van der Waals surface area contributed by atoms with Crippen LogP contribution in [0, 0.1) is 12.7 Å². The Hall–Kier alpha value is -2.21. The van der Waals surface area contributed by atoms with E-state index >= 15 is 0 Å². The third-order valence-electron chi connectivity index (χ3n) is 4.06. The van der Waals surface area contributed by atoms with Crippen molar-refractivity contribution in [3.8, 4) is 11.3 Å². The normalized spacial score (nSPS) is 14.9. The van der Waals surface area contributed by atoms with Gasteiger partial charge in [-0.25, -0.2) is 4.39 Å². The summed E-state index contributed by atoms with van der Waals surface area (Å²) in [4.78, 5) is 13.6. The highest BCUT2D eigenvalue weighted by atomic mass is 19.1. The zero-order valence-electron chi connectivity index (χ0n) is 12.8. The van der Waals surface area contributed by atoms with Crippen molar-refractivity contribution < 1.29 is 9.18 Å². The van der Waals surface area contributed by atoms with Gasteiger partial charge in [0.25, 0.3) is 0 Å². The molecule has 6 heteroatoms. The van der Waals surface area contributed by atoms with E-state index in [1.165, 1.54) is 6.07 Å². The van der Waals surface area contributed by atoms with Crippen LogP contribution in [0.3, 0.4) is 0 Å². The van der Waals surface area contributed by atoms with Crippen LogP contribution in [0.15, 0.2) is 18.2 Å². The third-order valence-corrected chi connectivity index (χ3v) is 4.06. The van der Waals surface area contributed by atoms with Crippen LogP contribution in [0.25, 0.3) is 11.3 Å². The number of aromatic nitrogens is 2. The molecule has 2 aromatic rings. The van der Waals surface area contributed by atoms with Gasteiger partial charge in [0, 0.05) is 24.2 Å². The third kappa shape index (κ3) is 2.62. The van der Waals surface area contributed by atoms with Crippen LogP contribution < -0.4 is 5.73 Å². The Balaban J connectivity index is 2.13. The zero-order chi connectivity index (χ0) is 15.9. The minimum Gasteiger partial charge on any atom is -0.369 e. The van der Waals surface area contributed by atoms with Crippen molar-refractivity contribution in [3.05, 3.63) is 40.8 Å². The molecule has 2 N–H and O–H groups in total. The van der Waals surface area contributed by atoms with Gasteiger partial charge in [-0.15, -0.1) is 0 Å². The molecule has 1 aliphatic heterocycles. The molecule has 0 saturated heterocycles. The van der Waals surface area contributed by atoms with E-state index in [2.05, 4.69) is 10.00 Å². The number of likely N-dealkylation sites (N-methyl/N-ethyl adjacent to an activating group) is 1. The van der Waals surface area contributed by atoms with Crippen molar-refractivity contribution >= 4 is 5.91 Å². The van der Waals surface area contributed by atoms with Crippen LogP contribution in [-0.2, 0) is 24.3 Å². The first-order valence-electron chi connectivity index (χ1n) is 7.27. The number of rotatable bonds is 3. The van der Waals surface area contributed by atoms with Crippen LogP contribution in [0.2, 0.25) is 0 Å². The summed E-state index contributed by atoms with van der Waals surface area (Å²) in [5.41, 5.74) is 9.38. The lowest BCUT2D eigenvalue weighted by atomic mass is 10.0. The Kier molecular flexibility index (Phi) is 3.70. The first-order valence-corrected chi connectivity index (χ1v) is 7.27. The number of benzene rings is 1. The minimum atomic E-state index is -0.385. The van der Waals surface area contributed by atoms with E-state index in [0.29, 0.717) is 5.56 Å². The van der Waals surface area contributed by atoms with E-state index in [4.69, 9.17) is 5.73 Å². The van der Waals surface area contributed by atoms with Crippen molar-refractivity contribution in [2.75, 3.05) is 13.6 Å². The highest BCUT2D eigenvalue weighted by Crippen LogP contribution is 2.29. The van der Waals surface area contributed by atoms with E-state index in [1.54, 1.807) is 19.1 Å². The molecule has 0 fully saturated rings. The smallest absolute Gasteiger partial charge is 0.221 e. The number of hydrogen-bond acceptors (Lipinski definition) is 3. The summed E-state index contributed by atoms with van der Waals surface area (Å²) < 4.78 is 15.4. The zero-order valence-corrected chi connectivity index (χ0v) is 12.8. The van der Waals surface area contributed by atoms with Gasteiger partial charge in [0.2, 0.25) is 5.91 Å². The maximum absolute atomic E-state index is 13.5. The topological polar surface area (TPSA) is 64.2 Å². The fourth-order valence-electron chi connectivity index (χ4n) is 2.88. The average Bonchev–Trinajstić information content (AvgIpc) is 2.79. The van der Waals surface area contributed by atoms with Gasteiger partial charge >= 0.3 is 0 Å². The SMILES string of the molecule is Cc1cc(-c2nn3c(c2CC(N)=O)CN(C)CC3)ccc1F. The predicted molar refractivity (Wildman–Crippen MR) is 81.6 cm³/mol. The second-order valence-corrected chi connectivity index (χ2v) is 5.84. The van der Waals surface area contributed by atoms with Crippen molar-refractivity contribution in [3.63, 3.8) is 0 Å². The van der Waals surface area contributed by atoms with E-state index < -0.39 is 0 Å². The second-order valence-electron chi connectivity index (χ2n) is 5.84. The van der Waals surface area contributed by atoms with Gasteiger partial charge in [-0.1, -0.05) is 0 Å². The van der Waals surface area contributed by atoms with Gasteiger partial charge in [0.05, 0.1) is 24.4 Å².